The number of hydrogen-bond donors (Lipinski definition) is 1. The van der Waals surface area contributed by atoms with Crippen LogP contribution in [0.3, 0.4) is 0 Å². The molecule has 0 amide bonds. The summed E-state index contributed by atoms with van der Waals surface area (Å²) in [5.41, 5.74) is 4.41. The predicted octanol–water partition coefficient (Wildman–Crippen LogP) is 4.67. The van der Waals surface area contributed by atoms with Gasteiger partial charge in [0.15, 0.2) is 0 Å². The van der Waals surface area contributed by atoms with Crippen LogP contribution in [0, 0.1) is 37.5 Å². The van der Waals surface area contributed by atoms with Gasteiger partial charge in [-0.3, -0.25) is 25.7 Å². The summed E-state index contributed by atoms with van der Waals surface area (Å²) in [5, 5.41) is 26.2. The monoisotopic (exact) mass is 358 g/mol. The summed E-state index contributed by atoms with van der Waals surface area (Å²) in [4.78, 5) is 20.7. The summed E-state index contributed by atoms with van der Waals surface area (Å²) in [7, 11) is 0. The van der Waals surface area contributed by atoms with Gasteiger partial charge in [0, 0.05) is 6.07 Å². The minimum absolute atomic E-state index is 0.130. The van der Waals surface area contributed by atoms with Crippen molar-refractivity contribution >= 4 is 22.8 Å². The molecule has 2 aliphatic carbocycles. The average Bonchev–Trinajstić information content (AvgIpc) is 3.14. The van der Waals surface area contributed by atoms with E-state index in [2.05, 4.69) is 30.5 Å². The standard InChI is InChI=1S/C18H22N4O4/c1-11(8-15-12-4-5-13(9-12)18(15,2)3)19-20-16-7-6-14(21(23)24)10-17(16)22(25)26/h6-8,10,12-13,20H,4-5,9H2,1-3H3. The highest BCUT2D eigenvalue weighted by molar-refractivity contribution is 5.94. The predicted molar refractivity (Wildman–Crippen MR) is 99.2 cm³/mol. The number of allylic oxidation sites excluding steroid dienone is 2. The highest BCUT2D eigenvalue weighted by atomic mass is 16.6. The van der Waals surface area contributed by atoms with Gasteiger partial charge in [-0.05, 0) is 55.6 Å². The van der Waals surface area contributed by atoms with Gasteiger partial charge in [0.05, 0.1) is 21.6 Å². The zero-order valence-electron chi connectivity index (χ0n) is 15.1. The molecule has 2 bridgehead atoms. The fourth-order valence-electron chi connectivity index (χ4n) is 4.27. The minimum atomic E-state index is -0.660. The van der Waals surface area contributed by atoms with Crippen molar-refractivity contribution in [3.8, 4) is 0 Å². The lowest BCUT2D eigenvalue weighted by molar-refractivity contribution is -0.393. The maximum atomic E-state index is 11.2. The first-order valence-electron chi connectivity index (χ1n) is 8.65. The molecule has 0 radical (unpaired) electrons. The highest BCUT2D eigenvalue weighted by Gasteiger charge is 2.48. The van der Waals surface area contributed by atoms with Crippen LogP contribution in [0.1, 0.15) is 40.0 Å². The first kappa shape index (κ1) is 18.0. The molecule has 1 aromatic carbocycles. The number of nitrogens with zero attached hydrogens (tertiary/aromatic N) is 3. The SMILES string of the molecule is CC(C=C1C2CCC(C2)C1(C)C)=NNc1ccc([N+](=O)[O-])cc1[N+](=O)[O-]. The van der Waals surface area contributed by atoms with Gasteiger partial charge in [-0.15, -0.1) is 0 Å². The summed E-state index contributed by atoms with van der Waals surface area (Å²) in [6.07, 6.45) is 5.80. The Morgan fingerprint density at radius 3 is 2.58 bits per heavy atom. The first-order valence-corrected chi connectivity index (χ1v) is 8.65. The summed E-state index contributed by atoms with van der Waals surface area (Å²) >= 11 is 0. The van der Waals surface area contributed by atoms with E-state index in [0.717, 1.165) is 17.7 Å². The van der Waals surface area contributed by atoms with Crippen LogP contribution in [0.15, 0.2) is 34.9 Å². The van der Waals surface area contributed by atoms with Crippen molar-refractivity contribution in [2.24, 2.45) is 22.4 Å². The van der Waals surface area contributed by atoms with E-state index in [9.17, 15) is 20.2 Å². The lowest BCUT2D eigenvalue weighted by Crippen LogP contribution is -2.23. The molecule has 0 aliphatic heterocycles. The van der Waals surface area contributed by atoms with Gasteiger partial charge in [-0.25, -0.2) is 0 Å². The summed E-state index contributed by atoms with van der Waals surface area (Å²) < 4.78 is 0. The third kappa shape index (κ3) is 3.18. The maximum Gasteiger partial charge on any atom is 0.301 e. The summed E-state index contributed by atoms with van der Waals surface area (Å²) in [6.45, 7) is 6.38. The van der Waals surface area contributed by atoms with Crippen LogP contribution in [0.4, 0.5) is 17.1 Å². The third-order valence-electron chi connectivity index (χ3n) is 5.74. The largest absolute Gasteiger partial charge is 0.301 e. The molecule has 3 rings (SSSR count). The third-order valence-corrected chi connectivity index (χ3v) is 5.74. The second kappa shape index (κ2) is 6.51. The fraction of sp³-hybridized carbons (Fsp3) is 0.500. The van der Waals surface area contributed by atoms with Crippen molar-refractivity contribution < 1.29 is 9.85 Å². The van der Waals surface area contributed by atoms with Crippen molar-refractivity contribution in [2.75, 3.05) is 5.43 Å². The number of rotatable bonds is 5. The lowest BCUT2D eigenvalue weighted by Gasteiger charge is -2.32. The van der Waals surface area contributed by atoms with Crippen molar-refractivity contribution in [2.45, 2.75) is 40.0 Å². The molecular weight excluding hydrogens is 336 g/mol. The van der Waals surface area contributed by atoms with Crippen LogP contribution < -0.4 is 5.43 Å². The number of benzene rings is 1. The normalized spacial score (nSPS) is 25.5. The second-order valence-corrected chi connectivity index (χ2v) is 7.61. The van der Waals surface area contributed by atoms with E-state index in [4.69, 9.17) is 0 Å². The molecule has 0 aromatic heterocycles. The second-order valence-electron chi connectivity index (χ2n) is 7.61. The number of non-ortho nitro benzene ring substituents is 1. The van der Waals surface area contributed by atoms with Crippen molar-refractivity contribution in [1.29, 1.82) is 0 Å². The Morgan fingerprint density at radius 1 is 1.27 bits per heavy atom. The van der Waals surface area contributed by atoms with E-state index >= 15 is 0 Å². The van der Waals surface area contributed by atoms with Crippen LogP contribution >= 0.6 is 0 Å². The molecule has 1 aromatic rings. The van der Waals surface area contributed by atoms with Crippen molar-refractivity contribution in [1.82, 2.24) is 0 Å². The van der Waals surface area contributed by atoms with Gasteiger partial charge in [0.25, 0.3) is 5.69 Å². The van der Waals surface area contributed by atoms with Gasteiger partial charge in [-0.2, -0.15) is 5.10 Å². The molecule has 0 saturated heterocycles. The number of fused-ring (bicyclic) bond motifs is 2. The smallest absolute Gasteiger partial charge is 0.271 e. The molecular formula is C18H22N4O4. The Bertz CT molecular complexity index is 828. The number of hydrazone groups is 1. The molecule has 0 spiro atoms. The molecule has 2 atom stereocenters. The Labute approximate surface area is 151 Å². The molecule has 0 heterocycles. The fourth-order valence-corrected chi connectivity index (χ4v) is 4.27. The lowest BCUT2D eigenvalue weighted by atomic mass is 9.72. The van der Waals surface area contributed by atoms with Crippen LogP contribution in [-0.2, 0) is 0 Å². The Balaban J connectivity index is 1.83. The van der Waals surface area contributed by atoms with Gasteiger partial charge in [-0.1, -0.05) is 19.4 Å². The van der Waals surface area contributed by atoms with E-state index in [1.54, 1.807) is 0 Å². The van der Waals surface area contributed by atoms with Gasteiger partial charge < -0.3 is 0 Å². The van der Waals surface area contributed by atoms with Crippen LogP contribution in [0.2, 0.25) is 0 Å². The molecule has 2 aliphatic rings. The molecule has 2 unspecified atom stereocenters. The minimum Gasteiger partial charge on any atom is -0.271 e. The van der Waals surface area contributed by atoms with Gasteiger partial charge in [0.1, 0.15) is 5.69 Å². The highest BCUT2D eigenvalue weighted by Crippen LogP contribution is 2.58. The number of nitro groups is 2. The number of hydrogen-bond acceptors (Lipinski definition) is 6. The van der Waals surface area contributed by atoms with E-state index in [-0.39, 0.29) is 22.5 Å². The molecule has 2 saturated carbocycles. The average molecular weight is 358 g/mol. The maximum absolute atomic E-state index is 11.2. The van der Waals surface area contributed by atoms with Gasteiger partial charge >= 0.3 is 5.69 Å². The van der Waals surface area contributed by atoms with Crippen LogP contribution in [0.5, 0.6) is 0 Å². The Hall–Kier alpha value is -2.77. The van der Waals surface area contributed by atoms with E-state index < -0.39 is 9.85 Å². The first-order chi connectivity index (χ1) is 12.2. The molecule has 8 heteroatoms. The zero-order valence-corrected chi connectivity index (χ0v) is 15.1. The quantitative estimate of drug-likeness (QED) is 0.467. The molecule has 1 N–H and O–H groups in total. The van der Waals surface area contributed by atoms with Crippen molar-refractivity contribution in [3.63, 3.8) is 0 Å². The van der Waals surface area contributed by atoms with Crippen LogP contribution in [-0.4, -0.2) is 15.6 Å². The Morgan fingerprint density at radius 2 is 2.00 bits per heavy atom. The van der Waals surface area contributed by atoms with Gasteiger partial charge in [0.2, 0.25) is 0 Å². The number of nitrogens with one attached hydrogen (secondary N) is 1. The Kier molecular flexibility index (Phi) is 4.52. The van der Waals surface area contributed by atoms with E-state index in [1.165, 1.54) is 37.0 Å². The summed E-state index contributed by atoms with van der Waals surface area (Å²) in [5.74, 6) is 1.32. The van der Waals surface area contributed by atoms with Crippen LogP contribution in [0.25, 0.3) is 0 Å². The molecule has 138 valence electrons. The number of nitro benzene ring substituents is 2. The summed E-state index contributed by atoms with van der Waals surface area (Å²) in [6, 6.07) is 3.46. The number of anilines is 1. The topological polar surface area (TPSA) is 111 Å². The zero-order chi connectivity index (χ0) is 19.1. The van der Waals surface area contributed by atoms with E-state index in [0.29, 0.717) is 5.92 Å². The molecule has 2 fully saturated rings. The molecule has 8 nitrogen and oxygen atoms in total. The molecule has 26 heavy (non-hydrogen) atoms. The van der Waals surface area contributed by atoms with E-state index in [1.807, 2.05) is 6.92 Å². The van der Waals surface area contributed by atoms with Crippen molar-refractivity contribution in [3.05, 3.63) is 50.1 Å².